The molecule has 0 aromatic heterocycles. The lowest BCUT2D eigenvalue weighted by atomic mass is 10.2. The van der Waals surface area contributed by atoms with E-state index in [9.17, 15) is 9.18 Å². The number of nitrogens with zero attached hydrogens (tertiary/aromatic N) is 2. The van der Waals surface area contributed by atoms with Crippen LogP contribution in [0.15, 0.2) is 45.3 Å². The molecule has 0 saturated carbocycles. The van der Waals surface area contributed by atoms with E-state index in [0.717, 1.165) is 0 Å². The fourth-order valence-corrected chi connectivity index (χ4v) is 3.40. The molecule has 0 unspecified atom stereocenters. The molecule has 0 fully saturated rings. The Hall–Kier alpha value is -2.39. The highest BCUT2D eigenvalue weighted by Gasteiger charge is 2.28. The first-order valence-electron chi connectivity index (χ1n) is 7.76. The molecule has 3 aliphatic rings. The van der Waals surface area contributed by atoms with Gasteiger partial charge in [-0.05, 0) is 34.1 Å². The van der Waals surface area contributed by atoms with Gasteiger partial charge in [-0.1, -0.05) is 0 Å². The van der Waals surface area contributed by atoms with Crippen molar-refractivity contribution in [2.45, 2.75) is 6.54 Å². The molecule has 1 aromatic carbocycles. The van der Waals surface area contributed by atoms with Gasteiger partial charge in [-0.15, -0.1) is 0 Å². The van der Waals surface area contributed by atoms with Gasteiger partial charge in [0.2, 0.25) is 0 Å². The summed E-state index contributed by atoms with van der Waals surface area (Å²) >= 11 is 3.33. The molecule has 0 saturated heterocycles. The van der Waals surface area contributed by atoms with Crippen LogP contribution in [0, 0.1) is 5.82 Å². The number of rotatable bonds is 0. The molecule has 25 heavy (non-hydrogen) atoms. The number of benzene rings is 1. The number of amidine groups is 1. The van der Waals surface area contributed by atoms with Gasteiger partial charge in [0.25, 0.3) is 5.91 Å². The number of halogens is 2. The Labute approximate surface area is 151 Å². The number of carbonyl (C=O) groups excluding carboxylic acids is 1. The van der Waals surface area contributed by atoms with E-state index < -0.39 is 0 Å². The van der Waals surface area contributed by atoms with E-state index in [0.29, 0.717) is 46.1 Å². The zero-order valence-electron chi connectivity index (χ0n) is 13.1. The Morgan fingerprint density at radius 3 is 3.12 bits per heavy atom. The van der Waals surface area contributed by atoms with E-state index in [2.05, 4.69) is 37.0 Å². The maximum absolute atomic E-state index is 13.8. The van der Waals surface area contributed by atoms with Crippen LogP contribution in [0.25, 0.3) is 0 Å². The third-order valence-corrected chi connectivity index (χ3v) is 4.58. The molecule has 1 amide bonds. The Balaban J connectivity index is 1.73. The Kier molecular flexibility index (Phi) is 4.18. The minimum Gasteiger partial charge on any atom is -0.490 e. The van der Waals surface area contributed by atoms with Gasteiger partial charge in [0.1, 0.15) is 29.8 Å². The summed E-state index contributed by atoms with van der Waals surface area (Å²) in [5, 5.41) is 7.72. The van der Waals surface area contributed by atoms with Crippen molar-refractivity contribution in [2.75, 3.05) is 19.7 Å². The molecule has 2 bridgehead atoms. The molecular weight excluding hydrogens is 393 g/mol. The number of amides is 1. The van der Waals surface area contributed by atoms with Gasteiger partial charge >= 0.3 is 0 Å². The monoisotopic (exact) mass is 407 g/mol. The maximum atomic E-state index is 13.8. The summed E-state index contributed by atoms with van der Waals surface area (Å²) in [5.41, 5.74) is 4.32. The van der Waals surface area contributed by atoms with E-state index in [-0.39, 0.29) is 24.9 Å². The molecule has 3 heterocycles. The summed E-state index contributed by atoms with van der Waals surface area (Å²) in [7, 11) is 0. The van der Waals surface area contributed by atoms with Crippen molar-refractivity contribution in [3.63, 3.8) is 0 Å². The van der Waals surface area contributed by atoms with Crippen LogP contribution in [-0.2, 0) is 11.3 Å². The second-order valence-corrected chi connectivity index (χ2v) is 6.51. The van der Waals surface area contributed by atoms with E-state index in [1.54, 1.807) is 17.3 Å². The first-order chi connectivity index (χ1) is 12.1. The van der Waals surface area contributed by atoms with Gasteiger partial charge in [-0.25, -0.2) is 9.82 Å². The second kappa shape index (κ2) is 6.49. The predicted molar refractivity (Wildman–Crippen MR) is 92.9 cm³/mol. The molecule has 4 rings (SSSR count). The van der Waals surface area contributed by atoms with Crippen molar-refractivity contribution in [1.82, 2.24) is 21.1 Å². The number of nitrogens with one attached hydrogen (secondary N) is 3. The van der Waals surface area contributed by atoms with Crippen LogP contribution >= 0.6 is 15.9 Å². The fourth-order valence-electron chi connectivity index (χ4n) is 2.81. The van der Waals surface area contributed by atoms with Gasteiger partial charge in [-0.2, -0.15) is 0 Å². The number of ether oxygens (including phenoxy) is 1. The number of hydrogen-bond acceptors (Lipinski definition) is 6. The van der Waals surface area contributed by atoms with E-state index in [4.69, 9.17) is 4.74 Å². The molecule has 0 aliphatic carbocycles. The Bertz CT molecular complexity index is 836. The normalized spacial score (nSPS) is 19.7. The van der Waals surface area contributed by atoms with Crippen molar-refractivity contribution < 1.29 is 13.9 Å². The van der Waals surface area contributed by atoms with Crippen molar-refractivity contribution >= 4 is 27.7 Å². The highest BCUT2D eigenvalue weighted by atomic mass is 79.9. The molecule has 0 radical (unpaired) electrons. The average Bonchev–Trinajstić information content (AvgIpc) is 3.00. The first kappa shape index (κ1) is 16.1. The van der Waals surface area contributed by atoms with Crippen molar-refractivity contribution in [2.24, 2.45) is 4.99 Å². The standard InChI is InChI=1S/C16H15BrFN5O2/c17-12-6-10(18)5-9-7-20-13-1-3-23-15(22-13)11(8-21-23)16(24)19-2-4-25-14(9)12/h1,3,5-6,21H,2,4,7-8H2,(H,19,24)(H,20,22). The molecule has 0 spiro atoms. The van der Waals surface area contributed by atoms with Gasteiger partial charge in [0, 0.05) is 18.3 Å². The third-order valence-electron chi connectivity index (χ3n) is 3.99. The van der Waals surface area contributed by atoms with Gasteiger partial charge in [0.15, 0.2) is 0 Å². The largest absolute Gasteiger partial charge is 0.490 e. The van der Waals surface area contributed by atoms with Crippen molar-refractivity contribution in [3.8, 4) is 5.75 Å². The summed E-state index contributed by atoms with van der Waals surface area (Å²) in [6, 6.07) is 2.75. The van der Waals surface area contributed by atoms with E-state index in [1.807, 2.05) is 0 Å². The minimum absolute atomic E-state index is 0.173. The lowest BCUT2D eigenvalue weighted by Crippen LogP contribution is -2.39. The maximum Gasteiger partial charge on any atom is 0.252 e. The minimum atomic E-state index is -0.365. The smallest absolute Gasteiger partial charge is 0.252 e. The summed E-state index contributed by atoms with van der Waals surface area (Å²) in [4.78, 5) is 16.9. The number of fused-ring (bicyclic) bond motifs is 2. The van der Waals surface area contributed by atoms with Crippen LogP contribution < -0.4 is 20.8 Å². The molecule has 9 heteroatoms. The van der Waals surface area contributed by atoms with Gasteiger partial charge in [0.05, 0.1) is 23.1 Å². The van der Waals surface area contributed by atoms with Crippen LogP contribution in [0.4, 0.5) is 4.39 Å². The summed E-state index contributed by atoms with van der Waals surface area (Å²) in [6.07, 6.45) is 3.58. The lowest BCUT2D eigenvalue weighted by molar-refractivity contribution is -0.117. The SMILES string of the molecule is O=C1NCCOc2c(Br)cc(F)cc2CN=C2C=CN3NCC1=C3N2. The van der Waals surface area contributed by atoms with Crippen molar-refractivity contribution in [3.05, 3.63) is 51.7 Å². The first-order valence-corrected chi connectivity index (χ1v) is 8.55. The predicted octanol–water partition coefficient (Wildman–Crippen LogP) is 1.14. The molecule has 1 aromatic rings. The van der Waals surface area contributed by atoms with Crippen LogP contribution in [0.5, 0.6) is 5.75 Å². The van der Waals surface area contributed by atoms with Crippen LogP contribution in [0.3, 0.4) is 0 Å². The zero-order chi connectivity index (χ0) is 17.4. The molecule has 7 nitrogen and oxygen atoms in total. The van der Waals surface area contributed by atoms with Crippen LogP contribution in [-0.4, -0.2) is 36.4 Å². The highest BCUT2D eigenvalue weighted by molar-refractivity contribution is 9.10. The Morgan fingerprint density at radius 2 is 2.24 bits per heavy atom. The lowest BCUT2D eigenvalue weighted by Gasteiger charge is -2.23. The number of carbonyl (C=O) groups is 1. The summed E-state index contributed by atoms with van der Waals surface area (Å²) in [5.74, 6) is 1.23. The highest BCUT2D eigenvalue weighted by Crippen LogP contribution is 2.31. The van der Waals surface area contributed by atoms with E-state index >= 15 is 0 Å². The van der Waals surface area contributed by atoms with Crippen LogP contribution in [0.1, 0.15) is 5.56 Å². The zero-order valence-corrected chi connectivity index (χ0v) is 14.7. The van der Waals surface area contributed by atoms with Crippen LogP contribution in [0.2, 0.25) is 0 Å². The molecular formula is C16H15BrFN5O2. The molecule has 130 valence electrons. The van der Waals surface area contributed by atoms with Crippen molar-refractivity contribution in [1.29, 1.82) is 0 Å². The third kappa shape index (κ3) is 3.12. The number of hydrogen-bond donors (Lipinski definition) is 3. The Morgan fingerprint density at radius 1 is 1.36 bits per heavy atom. The molecule has 3 aliphatic heterocycles. The molecule has 3 N–H and O–H groups in total. The second-order valence-electron chi connectivity index (χ2n) is 5.65. The number of hydrazine groups is 1. The molecule has 0 atom stereocenters. The average molecular weight is 408 g/mol. The topological polar surface area (TPSA) is 78.0 Å². The summed E-state index contributed by atoms with van der Waals surface area (Å²) < 4.78 is 20.0. The van der Waals surface area contributed by atoms with Gasteiger partial charge < -0.3 is 15.4 Å². The quantitative estimate of drug-likeness (QED) is 0.601. The van der Waals surface area contributed by atoms with Gasteiger partial charge in [-0.3, -0.25) is 14.8 Å². The number of aliphatic imine (C=N–C) groups is 1. The van der Waals surface area contributed by atoms with E-state index in [1.165, 1.54) is 12.1 Å². The fraction of sp³-hybridized carbons (Fsp3) is 0.250. The summed E-state index contributed by atoms with van der Waals surface area (Å²) in [6.45, 7) is 1.27.